The summed E-state index contributed by atoms with van der Waals surface area (Å²) in [6.45, 7) is 6.27. The van der Waals surface area contributed by atoms with E-state index in [0.717, 1.165) is 122 Å². The molecule has 0 fully saturated rings. The highest BCUT2D eigenvalue weighted by molar-refractivity contribution is 5.71. The number of hydrogen-bond donors (Lipinski definition) is 0. The quantitative estimate of drug-likeness (QED) is 0.0262. The molecule has 0 heterocycles. The molecule has 70 heavy (non-hydrogen) atoms. The van der Waals surface area contributed by atoms with E-state index in [-0.39, 0.29) is 44.0 Å². The molecule has 0 rings (SSSR count). The van der Waals surface area contributed by atoms with E-state index >= 15 is 0 Å². The average Bonchev–Trinajstić information content (AvgIpc) is 3.36. The Kier molecular flexibility index (Phi) is 52.6. The monoisotopic (exact) mass is 963 g/mol. The zero-order valence-electron chi connectivity index (χ0n) is 44.5. The maximum absolute atomic E-state index is 12.8. The van der Waals surface area contributed by atoms with Crippen LogP contribution in [0, 0.1) is 0 Å². The van der Waals surface area contributed by atoms with E-state index in [1.54, 1.807) is 0 Å². The SMILES string of the molecule is CC/C=C\C/C=C\C/C=C\C/C=C\C/C=C\C/C=C\C/C=C\CCCC(=O)OCC(COC(=O)CCCCCCCCCC)OC(=O)CCCC/C=C\C/C=C\C/C=C\C/C=C\C/C=C\C/C=C\CC. The van der Waals surface area contributed by atoms with Gasteiger partial charge in [-0.3, -0.25) is 14.4 Å². The van der Waals surface area contributed by atoms with Crippen molar-refractivity contribution in [3.8, 4) is 0 Å². The molecule has 1 atom stereocenters. The van der Waals surface area contributed by atoms with Crippen molar-refractivity contribution in [2.45, 2.75) is 213 Å². The van der Waals surface area contributed by atoms with Crippen LogP contribution in [0.4, 0.5) is 0 Å². The van der Waals surface area contributed by atoms with Gasteiger partial charge >= 0.3 is 17.9 Å². The first-order valence-electron chi connectivity index (χ1n) is 27.5. The molecule has 390 valence electrons. The van der Waals surface area contributed by atoms with Crippen LogP contribution in [0.25, 0.3) is 0 Å². The zero-order chi connectivity index (χ0) is 50.7. The van der Waals surface area contributed by atoms with Crippen LogP contribution in [0.15, 0.2) is 158 Å². The summed E-state index contributed by atoms with van der Waals surface area (Å²) in [6.07, 6.45) is 82.5. The van der Waals surface area contributed by atoms with Gasteiger partial charge < -0.3 is 14.2 Å². The third-order valence-electron chi connectivity index (χ3n) is 10.8. The van der Waals surface area contributed by atoms with Gasteiger partial charge in [-0.15, -0.1) is 0 Å². The first-order chi connectivity index (χ1) is 34.5. The van der Waals surface area contributed by atoms with Crippen molar-refractivity contribution in [3.05, 3.63) is 158 Å². The van der Waals surface area contributed by atoms with Crippen LogP contribution in [0.2, 0.25) is 0 Å². The van der Waals surface area contributed by atoms with E-state index in [1.165, 1.54) is 32.1 Å². The normalized spacial score (nSPS) is 13.4. The van der Waals surface area contributed by atoms with Crippen LogP contribution < -0.4 is 0 Å². The van der Waals surface area contributed by atoms with Crippen LogP contribution in [-0.4, -0.2) is 37.2 Å². The number of carbonyl (C=O) groups excluding carboxylic acids is 3. The molecule has 0 aromatic carbocycles. The number of rotatable bonds is 47. The van der Waals surface area contributed by atoms with Gasteiger partial charge in [0.15, 0.2) is 6.10 Å². The lowest BCUT2D eigenvalue weighted by Gasteiger charge is -2.18. The third-order valence-corrected chi connectivity index (χ3v) is 10.8. The van der Waals surface area contributed by atoms with Crippen molar-refractivity contribution in [3.63, 3.8) is 0 Å². The Labute approximate surface area is 429 Å². The molecule has 0 amide bonds. The minimum Gasteiger partial charge on any atom is -0.462 e. The molecule has 6 nitrogen and oxygen atoms in total. The largest absolute Gasteiger partial charge is 0.462 e. The molecule has 0 aliphatic rings. The highest BCUT2D eigenvalue weighted by atomic mass is 16.6. The molecule has 0 aliphatic heterocycles. The highest BCUT2D eigenvalue weighted by Gasteiger charge is 2.19. The fourth-order valence-electron chi connectivity index (χ4n) is 6.73. The Bertz CT molecular complexity index is 1620. The van der Waals surface area contributed by atoms with Crippen molar-refractivity contribution < 1.29 is 28.6 Å². The Hall–Kier alpha value is -4.97. The number of carbonyl (C=O) groups is 3. The van der Waals surface area contributed by atoms with Crippen LogP contribution in [0.3, 0.4) is 0 Å². The number of hydrogen-bond acceptors (Lipinski definition) is 6. The maximum atomic E-state index is 12.8. The van der Waals surface area contributed by atoms with Crippen LogP contribution in [0.1, 0.15) is 207 Å². The summed E-state index contributed by atoms with van der Waals surface area (Å²) in [6, 6.07) is 0. The van der Waals surface area contributed by atoms with Gasteiger partial charge in [-0.1, -0.05) is 224 Å². The summed E-state index contributed by atoms with van der Waals surface area (Å²) in [7, 11) is 0. The second-order valence-corrected chi connectivity index (χ2v) is 17.4. The minimum atomic E-state index is -0.830. The van der Waals surface area contributed by atoms with E-state index < -0.39 is 6.10 Å². The Morgan fingerprint density at radius 2 is 0.571 bits per heavy atom. The molecule has 0 radical (unpaired) electrons. The van der Waals surface area contributed by atoms with E-state index in [2.05, 4.69) is 179 Å². The first kappa shape index (κ1) is 65.0. The predicted octanol–water partition coefficient (Wildman–Crippen LogP) is 18.6. The van der Waals surface area contributed by atoms with Gasteiger partial charge in [0, 0.05) is 19.3 Å². The lowest BCUT2D eigenvalue weighted by molar-refractivity contribution is -0.167. The summed E-state index contributed by atoms with van der Waals surface area (Å²) < 4.78 is 16.7. The van der Waals surface area contributed by atoms with Gasteiger partial charge in [0.2, 0.25) is 0 Å². The van der Waals surface area contributed by atoms with E-state index in [9.17, 15) is 14.4 Å². The number of esters is 3. The standard InChI is InChI=1S/C64H98O6/c1-4-7-10-13-16-19-21-23-25-27-29-31-32-34-35-37-39-41-43-45-48-51-54-57-63(66)69-60-61(59-68-62(65)56-53-50-47-18-15-12-9-6-3)70-64(67)58-55-52-49-46-44-42-40-38-36-33-30-28-26-24-22-20-17-14-11-8-5-2/h7-8,10-11,16-17,19-20,23-26,29-31,33-35,38-41,44-46,48,61H,4-6,9,12-15,18,21-22,27-28,32,36-37,42-43,47,49-60H2,1-3H3/b10-7-,11-8-,19-16-,20-17-,25-23-,26-24-,31-29-,33-30-,35-34-,40-38-,41-39-,46-44-,48-45-. The van der Waals surface area contributed by atoms with Crippen LogP contribution >= 0.6 is 0 Å². The van der Waals surface area contributed by atoms with E-state index in [1.807, 2.05) is 0 Å². The number of ether oxygens (including phenoxy) is 3. The first-order valence-corrected chi connectivity index (χ1v) is 27.5. The lowest BCUT2D eigenvalue weighted by atomic mass is 10.1. The van der Waals surface area contributed by atoms with E-state index in [0.29, 0.717) is 19.3 Å². The second kappa shape index (κ2) is 56.6. The average molecular weight is 963 g/mol. The summed E-state index contributed by atoms with van der Waals surface area (Å²) in [4.78, 5) is 37.9. The fraction of sp³-hybridized carbons (Fsp3) is 0.547. The summed E-state index contributed by atoms with van der Waals surface area (Å²) in [5.41, 5.74) is 0. The summed E-state index contributed by atoms with van der Waals surface area (Å²) in [5.74, 6) is -1.04. The molecule has 0 N–H and O–H groups in total. The minimum absolute atomic E-state index is 0.120. The van der Waals surface area contributed by atoms with Gasteiger partial charge in [0.25, 0.3) is 0 Å². The maximum Gasteiger partial charge on any atom is 0.306 e. The van der Waals surface area contributed by atoms with Gasteiger partial charge in [-0.2, -0.15) is 0 Å². The van der Waals surface area contributed by atoms with Crippen molar-refractivity contribution in [2.75, 3.05) is 13.2 Å². The molecule has 0 saturated heterocycles. The molecule has 6 heteroatoms. The number of allylic oxidation sites excluding steroid dienone is 26. The smallest absolute Gasteiger partial charge is 0.306 e. The topological polar surface area (TPSA) is 78.9 Å². The molecule has 0 aromatic rings. The second-order valence-electron chi connectivity index (χ2n) is 17.4. The summed E-state index contributed by atoms with van der Waals surface area (Å²) in [5, 5.41) is 0. The fourth-order valence-corrected chi connectivity index (χ4v) is 6.73. The Morgan fingerprint density at radius 3 is 0.929 bits per heavy atom. The number of unbranched alkanes of at least 4 members (excludes halogenated alkanes) is 10. The van der Waals surface area contributed by atoms with Crippen LogP contribution in [0.5, 0.6) is 0 Å². The Morgan fingerprint density at radius 1 is 0.300 bits per heavy atom. The van der Waals surface area contributed by atoms with Crippen molar-refractivity contribution in [1.82, 2.24) is 0 Å². The van der Waals surface area contributed by atoms with Gasteiger partial charge in [-0.25, -0.2) is 0 Å². The molecular formula is C64H98O6. The molecular weight excluding hydrogens is 865 g/mol. The summed E-state index contributed by atoms with van der Waals surface area (Å²) >= 11 is 0. The Balaban J connectivity index is 4.49. The molecule has 1 unspecified atom stereocenters. The third kappa shape index (κ3) is 54.0. The van der Waals surface area contributed by atoms with Crippen molar-refractivity contribution in [2.24, 2.45) is 0 Å². The molecule has 0 aliphatic carbocycles. The molecule has 0 spiro atoms. The van der Waals surface area contributed by atoms with Gasteiger partial charge in [0.1, 0.15) is 13.2 Å². The molecule has 0 saturated carbocycles. The molecule has 0 aromatic heterocycles. The predicted molar refractivity (Wildman–Crippen MR) is 302 cm³/mol. The highest BCUT2D eigenvalue weighted by Crippen LogP contribution is 2.12. The van der Waals surface area contributed by atoms with E-state index in [4.69, 9.17) is 14.2 Å². The van der Waals surface area contributed by atoms with Crippen molar-refractivity contribution >= 4 is 17.9 Å². The van der Waals surface area contributed by atoms with Crippen molar-refractivity contribution in [1.29, 1.82) is 0 Å². The lowest BCUT2D eigenvalue weighted by Crippen LogP contribution is -2.30. The van der Waals surface area contributed by atoms with Gasteiger partial charge in [-0.05, 0) is 122 Å². The zero-order valence-corrected chi connectivity index (χ0v) is 44.5. The van der Waals surface area contributed by atoms with Gasteiger partial charge in [0.05, 0.1) is 0 Å². The van der Waals surface area contributed by atoms with Crippen LogP contribution in [-0.2, 0) is 28.6 Å². The molecule has 0 bridgehead atoms.